The average molecular weight is 270 g/mol. The summed E-state index contributed by atoms with van der Waals surface area (Å²) < 4.78 is 0. The molecular weight excluding hydrogens is 248 g/mol. The van der Waals surface area contributed by atoms with Crippen LogP contribution in [0.5, 0.6) is 5.75 Å². The summed E-state index contributed by atoms with van der Waals surface area (Å²) in [7, 11) is 0. The van der Waals surface area contributed by atoms with Crippen LogP contribution in [0.3, 0.4) is 0 Å². The van der Waals surface area contributed by atoms with E-state index in [9.17, 15) is 5.11 Å². The Balaban J connectivity index is 2.26. The van der Waals surface area contributed by atoms with Crippen LogP contribution in [0.2, 0.25) is 0 Å². The number of rotatable bonds is 6. The Hall–Kier alpha value is -1.87. The molecule has 0 aliphatic heterocycles. The van der Waals surface area contributed by atoms with Crippen molar-refractivity contribution in [1.29, 1.82) is 0 Å². The Morgan fingerprint density at radius 3 is 2.75 bits per heavy atom. The third-order valence-corrected chi connectivity index (χ3v) is 3.44. The minimum Gasteiger partial charge on any atom is -0.508 e. The summed E-state index contributed by atoms with van der Waals surface area (Å²) in [6.45, 7) is 5.14. The summed E-state index contributed by atoms with van der Waals surface area (Å²) >= 11 is 0. The molecule has 2 rings (SSSR count). The second-order valence-corrected chi connectivity index (χ2v) is 4.89. The highest BCUT2D eigenvalue weighted by atomic mass is 16.3. The van der Waals surface area contributed by atoms with E-state index in [1.165, 1.54) is 5.56 Å². The van der Waals surface area contributed by atoms with Gasteiger partial charge in [0, 0.05) is 6.20 Å². The average Bonchev–Trinajstić information content (AvgIpc) is 2.47. The molecule has 0 saturated carbocycles. The van der Waals surface area contributed by atoms with Gasteiger partial charge in [-0.05, 0) is 48.7 Å². The molecule has 0 fully saturated rings. The fraction of sp³-hybridized carbons (Fsp3) is 0.353. The van der Waals surface area contributed by atoms with Crippen LogP contribution in [0.1, 0.15) is 36.7 Å². The van der Waals surface area contributed by atoms with Crippen molar-refractivity contribution in [3.8, 4) is 5.75 Å². The molecule has 1 aromatic heterocycles. The molecule has 0 bridgehead atoms. The Bertz CT molecular complexity index is 554. The van der Waals surface area contributed by atoms with Gasteiger partial charge in [0.25, 0.3) is 0 Å². The van der Waals surface area contributed by atoms with Gasteiger partial charge in [0.2, 0.25) is 0 Å². The first-order valence-corrected chi connectivity index (χ1v) is 7.19. The van der Waals surface area contributed by atoms with Crippen LogP contribution in [0.15, 0.2) is 42.6 Å². The van der Waals surface area contributed by atoms with Gasteiger partial charge in [0.05, 0.1) is 11.7 Å². The molecule has 2 N–H and O–H groups in total. The number of aryl methyl sites for hydroxylation is 1. The molecule has 1 aromatic carbocycles. The van der Waals surface area contributed by atoms with Crippen molar-refractivity contribution in [2.24, 2.45) is 0 Å². The van der Waals surface area contributed by atoms with E-state index in [-0.39, 0.29) is 6.04 Å². The van der Waals surface area contributed by atoms with Crippen molar-refractivity contribution >= 4 is 0 Å². The third kappa shape index (κ3) is 3.58. The molecule has 0 spiro atoms. The first kappa shape index (κ1) is 14.5. The lowest BCUT2D eigenvalue weighted by Gasteiger charge is -2.20. The van der Waals surface area contributed by atoms with E-state index in [0.717, 1.165) is 30.6 Å². The molecule has 1 unspecified atom stereocenters. The normalized spacial score (nSPS) is 12.3. The van der Waals surface area contributed by atoms with E-state index in [4.69, 9.17) is 0 Å². The van der Waals surface area contributed by atoms with Crippen LogP contribution < -0.4 is 5.32 Å². The van der Waals surface area contributed by atoms with Crippen LogP contribution in [0, 0.1) is 0 Å². The maximum Gasteiger partial charge on any atom is 0.115 e. The molecule has 0 saturated heterocycles. The SMILES string of the molecule is CCNC(Cc1cccc(O)c1)c1ncccc1CC. The lowest BCUT2D eigenvalue weighted by Crippen LogP contribution is -2.25. The molecule has 0 amide bonds. The number of phenolic OH excluding ortho intramolecular Hbond substituents is 1. The number of hydrogen-bond acceptors (Lipinski definition) is 3. The van der Waals surface area contributed by atoms with E-state index in [0.29, 0.717) is 5.75 Å². The predicted molar refractivity (Wildman–Crippen MR) is 81.8 cm³/mol. The molecule has 0 aliphatic carbocycles. The number of benzene rings is 1. The van der Waals surface area contributed by atoms with Crippen LogP contribution in [-0.2, 0) is 12.8 Å². The first-order valence-electron chi connectivity index (χ1n) is 7.19. The van der Waals surface area contributed by atoms with Crippen molar-refractivity contribution in [3.05, 3.63) is 59.4 Å². The van der Waals surface area contributed by atoms with Gasteiger partial charge in [0.15, 0.2) is 0 Å². The van der Waals surface area contributed by atoms with Gasteiger partial charge in [-0.3, -0.25) is 4.98 Å². The molecule has 3 nitrogen and oxygen atoms in total. The lowest BCUT2D eigenvalue weighted by atomic mass is 9.98. The standard InChI is InChI=1S/C17H22N2O/c1-3-14-8-6-10-19-17(14)16(18-4-2)12-13-7-5-9-15(20)11-13/h5-11,16,18,20H,3-4,12H2,1-2H3. The first-order chi connectivity index (χ1) is 9.74. The maximum atomic E-state index is 9.59. The minimum atomic E-state index is 0.179. The summed E-state index contributed by atoms with van der Waals surface area (Å²) in [5, 5.41) is 13.1. The van der Waals surface area contributed by atoms with Crippen molar-refractivity contribution in [1.82, 2.24) is 10.3 Å². The van der Waals surface area contributed by atoms with Gasteiger partial charge >= 0.3 is 0 Å². The topological polar surface area (TPSA) is 45.1 Å². The highest BCUT2D eigenvalue weighted by molar-refractivity contribution is 5.30. The molecule has 0 aliphatic rings. The number of aromatic hydroxyl groups is 1. The summed E-state index contributed by atoms with van der Waals surface area (Å²) in [5.74, 6) is 0.314. The molecule has 106 valence electrons. The molecule has 20 heavy (non-hydrogen) atoms. The molecular formula is C17H22N2O. The molecule has 2 aromatic rings. The monoisotopic (exact) mass is 270 g/mol. The highest BCUT2D eigenvalue weighted by Gasteiger charge is 2.15. The number of pyridine rings is 1. The summed E-state index contributed by atoms with van der Waals surface area (Å²) in [5.41, 5.74) is 3.50. The maximum absolute atomic E-state index is 9.59. The lowest BCUT2D eigenvalue weighted by molar-refractivity contribution is 0.472. The van der Waals surface area contributed by atoms with Crippen molar-refractivity contribution < 1.29 is 5.11 Å². The Labute approximate surface area is 120 Å². The Morgan fingerprint density at radius 1 is 1.20 bits per heavy atom. The van der Waals surface area contributed by atoms with E-state index >= 15 is 0 Å². The zero-order chi connectivity index (χ0) is 14.4. The van der Waals surface area contributed by atoms with Gasteiger partial charge in [0.1, 0.15) is 5.75 Å². The third-order valence-electron chi connectivity index (χ3n) is 3.44. The second-order valence-electron chi connectivity index (χ2n) is 4.89. The number of likely N-dealkylation sites (N-methyl/N-ethyl adjacent to an activating group) is 1. The van der Waals surface area contributed by atoms with Crippen LogP contribution in [0.25, 0.3) is 0 Å². The Morgan fingerprint density at radius 2 is 2.05 bits per heavy atom. The predicted octanol–water partition coefficient (Wildman–Crippen LogP) is 3.24. The van der Waals surface area contributed by atoms with Crippen molar-refractivity contribution in [2.45, 2.75) is 32.7 Å². The van der Waals surface area contributed by atoms with E-state index in [1.807, 2.05) is 30.5 Å². The minimum absolute atomic E-state index is 0.179. The summed E-state index contributed by atoms with van der Waals surface area (Å²) in [6, 6.07) is 11.7. The zero-order valence-electron chi connectivity index (χ0n) is 12.1. The summed E-state index contributed by atoms with van der Waals surface area (Å²) in [4.78, 5) is 4.56. The zero-order valence-corrected chi connectivity index (χ0v) is 12.1. The number of nitrogens with one attached hydrogen (secondary N) is 1. The number of hydrogen-bond donors (Lipinski definition) is 2. The quantitative estimate of drug-likeness (QED) is 0.847. The van der Waals surface area contributed by atoms with Gasteiger partial charge in [-0.15, -0.1) is 0 Å². The molecule has 1 heterocycles. The summed E-state index contributed by atoms with van der Waals surface area (Å²) in [6.07, 6.45) is 3.65. The fourth-order valence-electron chi connectivity index (χ4n) is 2.49. The molecule has 1 atom stereocenters. The van der Waals surface area contributed by atoms with Crippen molar-refractivity contribution in [3.63, 3.8) is 0 Å². The Kier molecular flexibility index (Phi) is 5.13. The number of aromatic nitrogens is 1. The van der Waals surface area contributed by atoms with Crippen molar-refractivity contribution in [2.75, 3.05) is 6.54 Å². The van der Waals surface area contributed by atoms with Gasteiger partial charge in [-0.25, -0.2) is 0 Å². The van der Waals surface area contributed by atoms with Gasteiger partial charge in [-0.1, -0.05) is 32.0 Å². The van der Waals surface area contributed by atoms with E-state index in [2.05, 4.69) is 30.2 Å². The highest BCUT2D eigenvalue weighted by Crippen LogP contribution is 2.22. The molecule has 0 radical (unpaired) electrons. The van der Waals surface area contributed by atoms with Gasteiger partial charge in [-0.2, -0.15) is 0 Å². The van der Waals surface area contributed by atoms with E-state index in [1.54, 1.807) is 6.07 Å². The fourth-order valence-corrected chi connectivity index (χ4v) is 2.49. The van der Waals surface area contributed by atoms with Crippen LogP contribution in [-0.4, -0.2) is 16.6 Å². The number of phenols is 1. The smallest absolute Gasteiger partial charge is 0.115 e. The van der Waals surface area contributed by atoms with E-state index < -0.39 is 0 Å². The number of nitrogens with zero attached hydrogens (tertiary/aromatic N) is 1. The van der Waals surface area contributed by atoms with Crippen LogP contribution in [0.4, 0.5) is 0 Å². The van der Waals surface area contributed by atoms with Crippen LogP contribution >= 0.6 is 0 Å². The second kappa shape index (κ2) is 7.06. The largest absolute Gasteiger partial charge is 0.508 e. The molecule has 3 heteroatoms. The van der Waals surface area contributed by atoms with Gasteiger partial charge < -0.3 is 10.4 Å².